The van der Waals surface area contributed by atoms with Crippen molar-refractivity contribution >= 4 is 5.91 Å². The molecular formula is C20H25N3O3. The molecule has 2 aromatic heterocycles. The van der Waals surface area contributed by atoms with Gasteiger partial charge >= 0.3 is 0 Å². The van der Waals surface area contributed by atoms with E-state index in [1.54, 1.807) is 12.5 Å². The predicted molar refractivity (Wildman–Crippen MR) is 96.0 cm³/mol. The Labute approximate surface area is 153 Å². The first-order chi connectivity index (χ1) is 12.7. The topological polar surface area (TPSA) is 68.5 Å². The van der Waals surface area contributed by atoms with Gasteiger partial charge in [-0.2, -0.15) is 0 Å². The first kappa shape index (κ1) is 17.2. The lowest BCUT2D eigenvalue weighted by Crippen LogP contribution is -2.37. The molecule has 1 atom stereocenters. The highest BCUT2D eigenvalue weighted by Gasteiger charge is 2.30. The van der Waals surface area contributed by atoms with Gasteiger partial charge in [0.15, 0.2) is 0 Å². The zero-order valence-corrected chi connectivity index (χ0v) is 15.2. The van der Waals surface area contributed by atoms with Crippen molar-refractivity contribution in [3.05, 3.63) is 46.9 Å². The van der Waals surface area contributed by atoms with Crippen molar-refractivity contribution in [2.75, 3.05) is 26.3 Å². The summed E-state index contributed by atoms with van der Waals surface area (Å²) in [5.74, 6) is 2.10. The van der Waals surface area contributed by atoms with Crippen molar-refractivity contribution in [2.24, 2.45) is 5.92 Å². The molecule has 6 heteroatoms. The average molecular weight is 355 g/mol. The van der Waals surface area contributed by atoms with Gasteiger partial charge in [-0.3, -0.25) is 4.79 Å². The zero-order valence-electron chi connectivity index (χ0n) is 15.2. The number of furan rings is 1. The van der Waals surface area contributed by atoms with Gasteiger partial charge in [-0.1, -0.05) is 0 Å². The number of rotatable bonds is 3. The van der Waals surface area contributed by atoms with E-state index in [1.807, 2.05) is 17.9 Å². The number of nitrogens with zero attached hydrogens (tertiary/aromatic N) is 3. The van der Waals surface area contributed by atoms with E-state index in [4.69, 9.17) is 9.15 Å². The standard InChI is InChI=1S/C20H25N3O3/c1-14-19(17-4-2-3-5-18(17)26-14)20(24)23-8-9-25-12-15(11-23)10-16-6-7-21-13-22-16/h6-7,13,15H,2-5,8-12H2,1H3. The third-order valence-electron chi connectivity index (χ3n) is 5.33. The maximum Gasteiger partial charge on any atom is 0.257 e. The third kappa shape index (κ3) is 3.51. The summed E-state index contributed by atoms with van der Waals surface area (Å²) < 4.78 is 11.7. The van der Waals surface area contributed by atoms with Crippen molar-refractivity contribution < 1.29 is 13.9 Å². The zero-order chi connectivity index (χ0) is 17.9. The van der Waals surface area contributed by atoms with Crippen LogP contribution in [0.15, 0.2) is 23.0 Å². The maximum atomic E-state index is 13.3. The highest BCUT2D eigenvalue weighted by Crippen LogP contribution is 2.31. The number of hydrogen-bond donors (Lipinski definition) is 0. The van der Waals surface area contributed by atoms with Crippen LogP contribution in [0.1, 0.15) is 46.0 Å². The van der Waals surface area contributed by atoms with E-state index >= 15 is 0 Å². The lowest BCUT2D eigenvalue weighted by Gasteiger charge is -2.24. The second kappa shape index (κ2) is 7.58. The smallest absolute Gasteiger partial charge is 0.257 e. The fourth-order valence-corrected chi connectivity index (χ4v) is 4.06. The molecular weight excluding hydrogens is 330 g/mol. The number of aromatic nitrogens is 2. The van der Waals surface area contributed by atoms with Gasteiger partial charge in [-0.15, -0.1) is 0 Å². The van der Waals surface area contributed by atoms with Crippen LogP contribution in [0.4, 0.5) is 0 Å². The molecule has 1 unspecified atom stereocenters. The molecule has 0 spiro atoms. The van der Waals surface area contributed by atoms with E-state index in [0.717, 1.165) is 60.4 Å². The second-order valence-electron chi connectivity index (χ2n) is 7.24. The lowest BCUT2D eigenvalue weighted by atomic mass is 9.94. The molecule has 1 fully saturated rings. The van der Waals surface area contributed by atoms with Gasteiger partial charge in [0.25, 0.3) is 5.91 Å². The van der Waals surface area contributed by atoms with E-state index in [-0.39, 0.29) is 11.8 Å². The first-order valence-corrected chi connectivity index (χ1v) is 9.45. The molecule has 0 saturated carbocycles. The SMILES string of the molecule is Cc1oc2c(c1C(=O)N1CCOCC(Cc3ccncn3)C1)CCCC2. The predicted octanol–water partition coefficient (Wildman–Crippen LogP) is 2.59. The summed E-state index contributed by atoms with van der Waals surface area (Å²) >= 11 is 0. The van der Waals surface area contributed by atoms with Gasteiger partial charge in [0.2, 0.25) is 0 Å². The number of carbonyl (C=O) groups excluding carboxylic acids is 1. The van der Waals surface area contributed by atoms with Crippen LogP contribution in [0.5, 0.6) is 0 Å². The van der Waals surface area contributed by atoms with Gasteiger partial charge in [-0.05, 0) is 38.7 Å². The average Bonchev–Trinajstić information content (AvgIpc) is 2.82. The summed E-state index contributed by atoms with van der Waals surface area (Å²) in [5.41, 5.74) is 2.92. The quantitative estimate of drug-likeness (QED) is 0.846. The van der Waals surface area contributed by atoms with Crippen molar-refractivity contribution in [2.45, 2.75) is 39.0 Å². The molecule has 1 saturated heterocycles. The van der Waals surface area contributed by atoms with Crippen molar-refractivity contribution in [3.8, 4) is 0 Å². The molecule has 138 valence electrons. The minimum atomic E-state index is 0.0904. The van der Waals surface area contributed by atoms with Crippen LogP contribution in [0, 0.1) is 12.8 Å². The molecule has 6 nitrogen and oxygen atoms in total. The number of carbonyl (C=O) groups is 1. The Kier molecular flexibility index (Phi) is 5.02. The largest absolute Gasteiger partial charge is 0.465 e. The highest BCUT2D eigenvalue weighted by atomic mass is 16.5. The van der Waals surface area contributed by atoms with Crippen LogP contribution in [0.25, 0.3) is 0 Å². The molecule has 1 aliphatic heterocycles. The number of fused-ring (bicyclic) bond motifs is 1. The second-order valence-corrected chi connectivity index (χ2v) is 7.24. The number of ether oxygens (including phenoxy) is 1. The van der Waals surface area contributed by atoms with Gasteiger partial charge in [0.1, 0.15) is 17.8 Å². The molecule has 4 rings (SSSR count). The Morgan fingerprint density at radius 2 is 2.23 bits per heavy atom. The number of amides is 1. The molecule has 3 heterocycles. The lowest BCUT2D eigenvalue weighted by molar-refractivity contribution is 0.0734. The van der Waals surface area contributed by atoms with Crippen LogP contribution in [-0.2, 0) is 24.0 Å². The third-order valence-corrected chi connectivity index (χ3v) is 5.33. The van der Waals surface area contributed by atoms with Crippen LogP contribution in [-0.4, -0.2) is 47.1 Å². The van der Waals surface area contributed by atoms with Crippen LogP contribution >= 0.6 is 0 Å². The van der Waals surface area contributed by atoms with E-state index in [0.29, 0.717) is 26.3 Å². The summed E-state index contributed by atoms with van der Waals surface area (Å²) in [7, 11) is 0. The Bertz CT molecular complexity index is 772. The van der Waals surface area contributed by atoms with Gasteiger partial charge < -0.3 is 14.1 Å². The molecule has 2 aromatic rings. The fraction of sp³-hybridized carbons (Fsp3) is 0.550. The van der Waals surface area contributed by atoms with Crippen LogP contribution in [0.3, 0.4) is 0 Å². The number of aryl methyl sites for hydroxylation is 2. The summed E-state index contributed by atoms with van der Waals surface area (Å²) in [4.78, 5) is 23.5. The molecule has 0 radical (unpaired) electrons. The Balaban J connectivity index is 1.53. The molecule has 2 aliphatic rings. The molecule has 0 bridgehead atoms. The maximum absolute atomic E-state index is 13.3. The normalized spacial score (nSPS) is 20.5. The first-order valence-electron chi connectivity index (χ1n) is 9.45. The summed E-state index contributed by atoms with van der Waals surface area (Å²) in [6.45, 7) is 4.44. The summed E-state index contributed by atoms with van der Waals surface area (Å²) in [6, 6.07) is 1.92. The van der Waals surface area contributed by atoms with E-state index in [1.165, 1.54) is 0 Å². The minimum Gasteiger partial charge on any atom is -0.465 e. The minimum absolute atomic E-state index is 0.0904. The van der Waals surface area contributed by atoms with Gasteiger partial charge in [-0.25, -0.2) is 9.97 Å². The Morgan fingerprint density at radius 3 is 3.08 bits per heavy atom. The van der Waals surface area contributed by atoms with Gasteiger partial charge in [0.05, 0.1) is 18.8 Å². The van der Waals surface area contributed by atoms with Gasteiger partial charge in [0, 0.05) is 42.9 Å². The fourth-order valence-electron chi connectivity index (χ4n) is 4.06. The van der Waals surface area contributed by atoms with Crippen molar-refractivity contribution in [1.29, 1.82) is 0 Å². The monoisotopic (exact) mass is 355 g/mol. The Morgan fingerprint density at radius 1 is 1.35 bits per heavy atom. The van der Waals surface area contributed by atoms with E-state index in [9.17, 15) is 4.79 Å². The van der Waals surface area contributed by atoms with E-state index < -0.39 is 0 Å². The highest BCUT2D eigenvalue weighted by molar-refractivity contribution is 5.97. The van der Waals surface area contributed by atoms with Crippen LogP contribution in [0.2, 0.25) is 0 Å². The molecule has 26 heavy (non-hydrogen) atoms. The molecule has 0 aromatic carbocycles. The van der Waals surface area contributed by atoms with E-state index in [2.05, 4.69) is 9.97 Å². The molecule has 0 N–H and O–H groups in total. The van der Waals surface area contributed by atoms with Crippen molar-refractivity contribution in [1.82, 2.24) is 14.9 Å². The van der Waals surface area contributed by atoms with Crippen molar-refractivity contribution in [3.63, 3.8) is 0 Å². The summed E-state index contributed by atoms with van der Waals surface area (Å²) in [5, 5.41) is 0. The summed E-state index contributed by atoms with van der Waals surface area (Å²) in [6.07, 6.45) is 8.28. The van der Waals surface area contributed by atoms with Crippen LogP contribution < -0.4 is 0 Å². The number of hydrogen-bond acceptors (Lipinski definition) is 5. The molecule has 1 aliphatic carbocycles. The molecule has 1 amide bonds. The Hall–Kier alpha value is -2.21.